The molecule has 0 aliphatic heterocycles. The molecule has 0 atom stereocenters. The van der Waals surface area contributed by atoms with Crippen LogP contribution in [0.15, 0.2) is 23.1 Å². The number of nitrogen functional groups attached to an aromatic ring is 1. The van der Waals surface area contributed by atoms with E-state index in [1.807, 2.05) is 0 Å². The van der Waals surface area contributed by atoms with Gasteiger partial charge in [-0.15, -0.1) is 0 Å². The van der Waals surface area contributed by atoms with Crippen LogP contribution in [-0.4, -0.2) is 18.6 Å². The minimum Gasteiger partial charge on any atom is -0.397 e. The number of nitrogens with one attached hydrogen (secondary N) is 2. The van der Waals surface area contributed by atoms with Gasteiger partial charge in [-0.3, -0.25) is 9.82 Å². The van der Waals surface area contributed by atoms with Gasteiger partial charge in [-0.1, -0.05) is 0 Å². The molecule has 1 aromatic carbocycles. The van der Waals surface area contributed by atoms with Crippen LogP contribution >= 0.6 is 0 Å². The fraction of sp³-hybridized carbons (Fsp3) is 0.182. The molecule has 102 valence electrons. The average Bonchev–Trinajstić information content (AvgIpc) is 2.63. The number of rotatable bonds is 3. The zero-order chi connectivity index (χ0) is 14.2. The van der Waals surface area contributed by atoms with Gasteiger partial charge in [-0.2, -0.15) is 5.10 Å². The van der Waals surface area contributed by atoms with Crippen LogP contribution in [0.5, 0.6) is 0 Å². The first-order valence-electron chi connectivity index (χ1n) is 5.40. The number of sulfonamides is 1. The Kier molecular flexibility index (Phi) is 3.19. The molecule has 8 heteroatoms. The molecule has 0 aliphatic rings. The van der Waals surface area contributed by atoms with Crippen LogP contribution in [0.1, 0.15) is 11.4 Å². The van der Waals surface area contributed by atoms with Crippen molar-refractivity contribution in [2.75, 3.05) is 10.5 Å². The highest BCUT2D eigenvalue weighted by Gasteiger charge is 2.23. The summed E-state index contributed by atoms with van der Waals surface area (Å²) in [5.41, 5.74) is 6.48. The zero-order valence-electron chi connectivity index (χ0n) is 10.4. The summed E-state index contributed by atoms with van der Waals surface area (Å²) in [7, 11) is -3.81. The molecule has 0 fully saturated rings. The summed E-state index contributed by atoms with van der Waals surface area (Å²) in [6, 6.07) is 3.45. The number of hydrogen-bond donors (Lipinski definition) is 3. The molecule has 19 heavy (non-hydrogen) atoms. The SMILES string of the molecule is Cc1n[nH]c(C)c1S(=O)(=O)Nc1ccc(F)cc1N. The Hall–Kier alpha value is -2.09. The van der Waals surface area contributed by atoms with Gasteiger partial charge < -0.3 is 5.73 Å². The van der Waals surface area contributed by atoms with E-state index >= 15 is 0 Å². The molecular formula is C11H13FN4O2S. The second kappa shape index (κ2) is 4.54. The third-order valence-corrected chi connectivity index (χ3v) is 4.21. The topological polar surface area (TPSA) is 101 Å². The van der Waals surface area contributed by atoms with Gasteiger partial charge in [0.2, 0.25) is 0 Å². The van der Waals surface area contributed by atoms with Crippen LogP contribution in [0.4, 0.5) is 15.8 Å². The fourth-order valence-electron chi connectivity index (χ4n) is 1.76. The summed E-state index contributed by atoms with van der Waals surface area (Å²) in [4.78, 5) is 0.0659. The summed E-state index contributed by atoms with van der Waals surface area (Å²) in [5.74, 6) is -0.531. The predicted octanol–water partition coefficient (Wildman–Crippen LogP) is 1.55. The maximum Gasteiger partial charge on any atom is 0.265 e. The van der Waals surface area contributed by atoms with Crippen LogP contribution in [0.25, 0.3) is 0 Å². The Morgan fingerprint density at radius 2 is 2.05 bits per heavy atom. The first kappa shape index (κ1) is 13.3. The lowest BCUT2D eigenvalue weighted by molar-refractivity contribution is 0.600. The molecule has 1 aromatic heterocycles. The summed E-state index contributed by atoms with van der Waals surface area (Å²) < 4.78 is 39.7. The van der Waals surface area contributed by atoms with Gasteiger partial charge in [0.15, 0.2) is 0 Å². The van der Waals surface area contributed by atoms with E-state index in [1.165, 1.54) is 6.07 Å². The third-order valence-electron chi connectivity index (χ3n) is 2.59. The van der Waals surface area contributed by atoms with E-state index in [2.05, 4.69) is 14.9 Å². The monoisotopic (exact) mass is 284 g/mol. The largest absolute Gasteiger partial charge is 0.397 e. The van der Waals surface area contributed by atoms with E-state index in [-0.39, 0.29) is 16.3 Å². The molecule has 2 rings (SSSR count). The molecule has 0 saturated heterocycles. The Balaban J connectivity index is 2.42. The minimum absolute atomic E-state index is 0.0161. The fourth-order valence-corrected chi connectivity index (χ4v) is 3.22. The van der Waals surface area contributed by atoms with Crippen molar-refractivity contribution in [3.63, 3.8) is 0 Å². The Labute approximate surface area is 109 Å². The van der Waals surface area contributed by atoms with Crippen molar-refractivity contribution < 1.29 is 12.8 Å². The summed E-state index contributed by atoms with van der Waals surface area (Å²) in [5, 5.41) is 6.42. The van der Waals surface area contributed by atoms with Crippen LogP contribution < -0.4 is 10.5 Å². The van der Waals surface area contributed by atoms with E-state index < -0.39 is 15.8 Å². The highest BCUT2D eigenvalue weighted by molar-refractivity contribution is 7.92. The number of H-pyrrole nitrogens is 1. The average molecular weight is 284 g/mol. The molecule has 6 nitrogen and oxygen atoms in total. The van der Waals surface area contributed by atoms with Gasteiger partial charge in [-0.25, -0.2) is 12.8 Å². The zero-order valence-corrected chi connectivity index (χ0v) is 11.2. The van der Waals surface area contributed by atoms with E-state index in [1.54, 1.807) is 13.8 Å². The Morgan fingerprint density at radius 3 is 2.58 bits per heavy atom. The second-order valence-electron chi connectivity index (χ2n) is 4.10. The number of hydrogen-bond acceptors (Lipinski definition) is 4. The predicted molar refractivity (Wildman–Crippen MR) is 69.7 cm³/mol. The molecule has 0 radical (unpaired) electrons. The Morgan fingerprint density at radius 1 is 1.37 bits per heavy atom. The molecule has 0 spiro atoms. The summed E-state index contributed by atoms with van der Waals surface area (Å²) in [6.07, 6.45) is 0. The number of anilines is 2. The minimum atomic E-state index is -3.81. The summed E-state index contributed by atoms with van der Waals surface area (Å²) >= 11 is 0. The first-order chi connectivity index (χ1) is 8.81. The van der Waals surface area contributed by atoms with E-state index in [0.717, 1.165) is 12.1 Å². The van der Waals surface area contributed by atoms with E-state index in [9.17, 15) is 12.8 Å². The second-order valence-corrected chi connectivity index (χ2v) is 5.72. The van der Waals surface area contributed by atoms with E-state index in [0.29, 0.717) is 11.4 Å². The number of nitrogens with zero attached hydrogens (tertiary/aromatic N) is 1. The molecule has 0 bridgehead atoms. The normalized spacial score (nSPS) is 11.5. The standard InChI is InChI=1S/C11H13FN4O2S/c1-6-11(7(2)15-14-6)19(17,18)16-10-4-3-8(12)5-9(10)13/h3-5,16H,13H2,1-2H3,(H,14,15). The van der Waals surface area contributed by atoms with Gasteiger partial charge in [0.05, 0.1) is 22.8 Å². The molecule has 0 saturated carbocycles. The van der Waals surface area contributed by atoms with Crippen LogP contribution in [-0.2, 0) is 10.0 Å². The van der Waals surface area contributed by atoms with Gasteiger partial charge in [0, 0.05) is 0 Å². The van der Waals surface area contributed by atoms with Crippen LogP contribution in [0.3, 0.4) is 0 Å². The lowest BCUT2D eigenvalue weighted by Gasteiger charge is -2.10. The quantitative estimate of drug-likeness (QED) is 0.744. The third kappa shape index (κ3) is 2.53. The van der Waals surface area contributed by atoms with Crippen molar-refractivity contribution >= 4 is 21.4 Å². The number of aromatic nitrogens is 2. The molecule has 0 amide bonds. The highest BCUT2D eigenvalue weighted by atomic mass is 32.2. The molecule has 4 N–H and O–H groups in total. The molecule has 0 aliphatic carbocycles. The number of benzene rings is 1. The highest BCUT2D eigenvalue weighted by Crippen LogP contribution is 2.25. The lowest BCUT2D eigenvalue weighted by Crippen LogP contribution is -2.15. The van der Waals surface area contributed by atoms with Crippen LogP contribution in [0, 0.1) is 19.7 Å². The van der Waals surface area contributed by atoms with Gasteiger partial charge in [0.1, 0.15) is 10.7 Å². The van der Waals surface area contributed by atoms with Gasteiger partial charge in [0.25, 0.3) is 10.0 Å². The maximum absolute atomic E-state index is 12.9. The van der Waals surface area contributed by atoms with Crippen molar-refractivity contribution in [3.8, 4) is 0 Å². The van der Waals surface area contributed by atoms with Gasteiger partial charge in [-0.05, 0) is 32.0 Å². The van der Waals surface area contributed by atoms with Crippen molar-refractivity contribution in [3.05, 3.63) is 35.4 Å². The lowest BCUT2D eigenvalue weighted by atomic mass is 10.3. The Bertz CT molecular complexity index is 705. The molecular weight excluding hydrogens is 271 g/mol. The molecule has 1 heterocycles. The number of aryl methyl sites for hydroxylation is 2. The van der Waals surface area contributed by atoms with Crippen molar-refractivity contribution in [1.82, 2.24) is 10.2 Å². The molecule has 2 aromatic rings. The summed E-state index contributed by atoms with van der Waals surface area (Å²) in [6.45, 7) is 3.18. The van der Waals surface area contributed by atoms with Gasteiger partial charge >= 0.3 is 0 Å². The van der Waals surface area contributed by atoms with Crippen molar-refractivity contribution in [2.24, 2.45) is 0 Å². The smallest absolute Gasteiger partial charge is 0.265 e. The number of halogens is 1. The van der Waals surface area contributed by atoms with Crippen molar-refractivity contribution in [2.45, 2.75) is 18.7 Å². The number of aromatic amines is 1. The van der Waals surface area contributed by atoms with E-state index in [4.69, 9.17) is 5.73 Å². The number of nitrogens with two attached hydrogens (primary N) is 1. The maximum atomic E-state index is 12.9. The molecule has 0 unspecified atom stereocenters. The first-order valence-corrected chi connectivity index (χ1v) is 6.89. The van der Waals surface area contributed by atoms with Crippen LogP contribution in [0.2, 0.25) is 0 Å². The van der Waals surface area contributed by atoms with Crippen molar-refractivity contribution in [1.29, 1.82) is 0 Å².